The maximum absolute atomic E-state index is 4.26. The molecule has 62 valence electrons. The van der Waals surface area contributed by atoms with Crippen LogP contribution in [0.3, 0.4) is 0 Å². The van der Waals surface area contributed by atoms with Crippen LogP contribution in [-0.4, -0.2) is 13.1 Å². The summed E-state index contributed by atoms with van der Waals surface area (Å²) in [5, 5.41) is 0. The van der Waals surface area contributed by atoms with Crippen molar-refractivity contribution >= 4 is 25.5 Å². The first-order chi connectivity index (χ1) is 5.97. The van der Waals surface area contributed by atoms with E-state index in [1.807, 2.05) is 18.2 Å². The standard InChI is InChI=1S/C6H8N3P3/c1-2-4-6(5-3-1)9-11-7-10-8-12-9/h1-5,7,10-11H. The Bertz CT molecular complexity index is 315. The Morgan fingerprint density at radius 1 is 1.33 bits per heavy atom. The van der Waals surface area contributed by atoms with E-state index in [2.05, 4.69) is 25.2 Å². The first kappa shape index (κ1) is 8.13. The Balaban J connectivity index is 2.46. The van der Waals surface area contributed by atoms with Gasteiger partial charge < -0.3 is 4.51 Å². The second-order valence-electron chi connectivity index (χ2n) is 2.19. The van der Waals surface area contributed by atoms with Gasteiger partial charge in [-0.2, -0.15) is 4.51 Å². The van der Waals surface area contributed by atoms with Gasteiger partial charge in [-0.15, -0.1) is 0 Å². The molecule has 2 rings (SSSR count). The van der Waals surface area contributed by atoms with Gasteiger partial charge in [-0.3, -0.25) is 4.09 Å². The number of rotatable bonds is 1. The Labute approximate surface area is 75.2 Å². The lowest BCUT2D eigenvalue weighted by Crippen LogP contribution is -1.82. The molecule has 0 fully saturated rings. The van der Waals surface area contributed by atoms with Gasteiger partial charge in [0.25, 0.3) is 0 Å². The fourth-order valence-electron chi connectivity index (χ4n) is 0.878. The quantitative estimate of drug-likeness (QED) is 0.779. The van der Waals surface area contributed by atoms with E-state index in [1.54, 1.807) is 0 Å². The second-order valence-corrected chi connectivity index (χ2v) is 5.84. The van der Waals surface area contributed by atoms with Crippen molar-refractivity contribution in [3.05, 3.63) is 30.3 Å². The molecule has 12 heavy (non-hydrogen) atoms. The van der Waals surface area contributed by atoms with Gasteiger partial charge in [-0.05, 0) is 12.1 Å². The topological polar surface area (TPSA) is 33.6 Å². The van der Waals surface area contributed by atoms with Gasteiger partial charge in [-0.1, -0.05) is 18.2 Å². The van der Waals surface area contributed by atoms with E-state index >= 15 is 0 Å². The molecule has 3 nitrogen and oxygen atoms in total. The SMILES string of the molecule is c1ccc(-n2pn[pH][nH][pH]2)cc1. The maximum Gasteiger partial charge on any atom is 0.146 e. The molecule has 0 saturated heterocycles. The number of aromatic nitrogens is 3. The Kier molecular flexibility index (Phi) is 2.68. The van der Waals surface area contributed by atoms with Gasteiger partial charge in [0.15, 0.2) is 0 Å². The summed E-state index contributed by atoms with van der Waals surface area (Å²) in [6.45, 7) is 0. The number of para-hydroxylation sites is 1. The van der Waals surface area contributed by atoms with Gasteiger partial charge in [-0.25, -0.2) is 0 Å². The molecule has 0 aliphatic heterocycles. The average molecular weight is 215 g/mol. The Morgan fingerprint density at radius 3 is 2.83 bits per heavy atom. The summed E-state index contributed by atoms with van der Waals surface area (Å²) in [5.41, 5.74) is 1.23. The number of aromatic amines is 1. The van der Waals surface area contributed by atoms with Crippen molar-refractivity contribution in [2.75, 3.05) is 0 Å². The highest BCUT2D eigenvalue weighted by molar-refractivity contribution is 7.44. The van der Waals surface area contributed by atoms with Crippen LogP contribution in [0.4, 0.5) is 0 Å². The second kappa shape index (κ2) is 3.96. The lowest BCUT2D eigenvalue weighted by atomic mass is 10.3. The Morgan fingerprint density at radius 2 is 2.17 bits per heavy atom. The predicted octanol–water partition coefficient (Wildman–Crippen LogP) is 2.97. The van der Waals surface area contributed by atoms with Gasteiger partial charge in [0, 0.05) is 17.0 Å². The third kappa shape index (κ3) is 1.81. The molecule has 1 aromatic carbocycles. The molecule has 1 N–H and O–H groups in total. The fourth-order valence-corrected chi connectivity index (χ4v) is 4.23. The molecule has 0 amide bonds. The van der Waals surface area contributed by atoms with Crippen molar-refractivity contribution in [1.29, 1.82) is 0 Å². The van der Waals surface area contributed by atoms with Gasteiger partial charge in [0.1, 0.15) is 8.51 Å². The van der Waals surface area contributed by atoms with Gasteiger partial charge in [0.2, 0.25) is 0 Å². The molecule has 6 heteroatoms. The number of nitrogens with one attached hydrogen (secondary N) is 1. The first-order valence-electron chi connectivity index (χ1n) is 3.48. The molecule has 0 bridgehead atoms. The molecule has 2 unspecified atom stereocenters. The highest BCUT2D eigenvalue weighted by atomic mass is 31.1. The minimum absolute atomic E-state index is 0.566. The van der Waals surface area contributed by atoms with E-state index < -0.39 is 0 Å². The summed E-state index contributed by atoms with van der Waals surface area (Å²) in [5.74, 6) is 0. The van der Waals surface area contributed by atoms with Crippen molar-refractivity contribution in [2.24, 2.45) is 0 Å². The lowest BCUT2D eigenvalue weighted by molar-refractivity contribution is 1.33. The molecule has 1 heterocycles. The summed E-state index contributed by atoms with van der Waals surface area (Å²) in [4.78, 5) is 0. The van der Waals surface area contributed by atoms with Crippen molar-refractivity contribution < 1.29 is 0 Å². The molecular formula is C6H8N3P3. The number of hydrogen-bond acceptors (Lipinski definition) is 1. The van der Waals surface area contributed by atoms with E-state index in [4.69, 9.17) is 0 Å². The van der Waals surface area contributed by atoms with Gasteiger partial charge >= 0.3 is 0 Å². The van der Waals surface area contributed by atoms with Crippen LogP contribution in [-0.2, 0) is 0 Å². The van der Waals surface area contributed by atoms with Crippen LogP contribution in [0.5, 0.6) is 0 Å². The van der Waals surface area contributed by atoms with Crippen LogP contribution in [0.15, 0.2) is 30.3 Å². The lowest BCUT2D eigenvalue weighted by Gasteiger charge is -2.01. The first-order valence-corrected chi connectivity index (χ1v) is 6.18. The molecule has 0 aliphatic rings. The zero-order valence-corrected chi connectivity index (χ0v) is 9.12. The van der Waals surface area contributed by atoms with Crippen LogP contribution in [0.2, 0.25) is 0 Å². The fraction of sp³-hybridized carbons (Fsp3) is 0. The summed E-state index contributed by atoms with van der Waals surface area (Å²) < 4.78 is 9.70. The minimum atomic E-state index is 0.566. The molecule has 2 atom stereocenters. The number of hydrogen-bond donors (Lipinski definition) is 1. The van der Waals surface area contributed by atoms with Gasteiger partial charge in [0.05, 0.1) is 5.69 Å². The van der Waals surface area contributed by atoms with E-state index in [1.165, 1.54) is 5.69 Å². The molecule has 1 aromatic heterocycles. The minimum Gasteiger partial charge on any atom is -0.312 e. The van der Waals surface area contributed by atoms with Crippen molar-refractivity contribution in [2.45, 2.75) is 0 Å². The normalized spacial score (nSPS) is 11.7. The smallest absolute Gasteiger partial charge is 0.146 e. The highest BCUT2D eigenvalue weighted by Crippen LogP contribution is 2.18. The summed E-state index contributed by atoms with van der Waals surface area (Å²) in [6, 6.07) is 10.3. The zero-order valence-electron chi connectivity index (χ0n) is 6.23. The van der Waals surface area contributed by atoms with E-state index in [0.29, 0.717) is 17.0 Å². The summed E-state index contributed by atoms with van der Waals surface area (Å²) in [7, 11) is 2.29. The number of nitrogens with zero attached hydrogens (tertiary/aromatic N) is 2. The van der Waals surface area contributed by atoms with Crippen LogP contribution < -0.4 is 0 Å². The van der Waals surface area contributed by atoms with Crippen molar-refractivity contribution in [3.63, 3.8) is 0 Å². The summed E-state index contributed by atoms with van der Waals surface area (Å²) >= 11 is 0. The van der Waals surface area contributed by atoms with E-state index in [9.17, 15) is 0 Å². The van der Waals surface area contributed by atoms with Crippen LogP contribution in [0.1, 0.15) is 0 Å². The summed E-state index contributed by atoms with van der Waals surface area (Å²) in [6.07, 6.45) is 0. The molecule has 0 spiro atoms. The average Bonchev–Trinajstić information content (AvgIpc) is 2.21. The van der Waals surface area contributed by atoms with Crippen LogP contribution in [0.25, 0.3) is 5.69 Å². The molecule has 2 aromatic rings. The van der Waals surface area contributed by atoms with Crippen molar-refractivity contribution in [1.82, 2.24) is 13.1 Å². The largest absolute Gasteiger partial charge is 0.312 e. The predicted molar refractivity (Wildman–Crippen MR) is 57.1 cm³/mol. The maximum atomic E-state index is 4.26. The van der Waals surface area contributed by atoms with Crippen LogP contribution in [0, 0.1) is 0 Å². The third-order valence-electron chi connectivity index (χ3n) is 1.40. The molecule has 0 saturated carbocycles. The monoisotopic (exact) mass is 215 g/mol. The molecule has 0 radical (unpaired) electrons. The van der Waals surface area contributed by atoms with Crippen molar-refractivity contribution in [3.8, 4) is 5.69 Å². The van der Waals surface area contributed by atoms with Crippen LogP contribution >= 0.6 is 25.5 Å². The molecule has 0 aliphatic carbocycles. The number of H-pyrrole nitrogens is 1. The Hall–Kier alpha value is -0.480. The zero-order chi connectivity index (χ0) is 8.23. The van der Waals surface area contributed by atoms with E-state index in [0.717, 1.165) is 8.51 Å². The third-order valence-corrected chi connectivity index (χ3v) is 4.50. The number of benzene rings is 1. The van der Waals surface area contributed by atoms with E-state index in [-0.39, 0.29) is 0 Å². The highest BCUT2D eigenvalue weighted by Gasteiger charge is 1.89. The molecular weight excluding hydrogens is 207 g/mol.